The van der Waals surface area contributed by atoms with Crippen LogP contribution >= 0.6 is 7.82 Å². The van der Waals surface area contributed by atoms with Gasteiger partial charge < -0.3 is 30.5 Å². The van der Waals surface area contributed by atoms with E-state index in [0.29, 0.717) is 5.52 Å². The number of hydrogen-bond donors (Lipinski definition) is 5. The molecule has 0 aliphatic carbocycles. The summed E-state index contributed by atoms with van der Waals surface area (Å²) < 4.78 is 21.8. The zero-order valence-electron chi connectivity index (χ0n) is 11.5. The highest BCUT2D eigenvalue weighted by molar-refractivity contribution is 7.46. The maximum absolute atomic E-state index is 10.7. The minimum atomic E-state index is -4.72. The van der Waals surface area contributed by atoms with Crippen LogP contribution in [0.3, 0.4) is 0 Å². The second-order valence-corrected chi connectivity index (χ2v) is 6.15. The van der Waals surface area contributed by atoms with Gasteiger partial charge in [0.15, 0.2) is 17.7 Å². The molecule has 1 saturated heterocycles. The molecule has 1 fully saturated rings. The molecule has 6 N–H and O–H groups in total. The fourth-order valence-electron chi connectivity index (χ4n) is 2.32. The summed E-state index contributed by atoms with van der Waals surface area (Å²) in [5.41, 5.74) is 6.25. The maximum Gasteiger partial charge on any atom is 0.469 e. The molecule has 0 aromatic carbocycles. The van der Waals surface area contributed by atoms with Crippen LogP contribution in [0.4, 0.5) is 5.82 Å². The highest BCUT2D eigenvalue weighted by atomic mass is 31.2. The Morgan fingerprint density at radius 1 is 1.30 bits per heavy atom. The first-order valence-corrected chi connectivity index (χ1v) is 7.95. The van der Waals surface area contributed by atoms with Gasteiger partial charge in [-0.15, -0.1) is 0 Å². The van der Waals surface area contributed by atoms with Gasteiger partial charge in [-0.3, -0.25) is 9.09 Å². The SMILES string of the molecule is [15NH2]c1[15n][13cH][15n][13c]2[13c]1[15n][13cH][15n]2[13C@@H]1O[13C@H]([13CH2]OP(=O)(O)O)[13C@H](O)[13CH]1O. The number of ether oxygens (including phenoxy) is 1. The number of hydrogen-bond acceptors (Lipinski definition) is 9. The summed E-state index contributed by atoms with van der Waals surface area (Å²) >= 11 is 0. The van der Waals surface area contributed by atoms with Crippen molar-refractivity contribution < 1.29 is 33.8 Å². The number of fused-ring (bicyclic) bond motifs is 1. The molecule has 1 unspecified atom stereocenters. The number of anilines is 1. The largest absolute Gasteiger partial charge is 0.469 e. The lowest BCUT2D eigenvalue weighted by atomic mass is 11.1. The Morgan fingerprint density at radius 2 is 2.04 bits per heavy atom. The van der Waals surface area contributed by atoms with Crippen molar-refractivity contribution in [3.63, 3.8) is 0 Å². The molecule has 0 saturated carbocycles. The molecule has 126 valence electrons. The van der Waals surface area contributed by atoms with Crippen molar-refractivity contribution in [3.05, 3.63) is 12.7 Å². The highest BCUT2D eigenvalue weighted by Crippen LogP contribution is 2.38. The van der Waals surface area contributed by atoms with Crippen molar-refractivity contribution in [1.29, 1.82) is 0 Å². The Bertz CT molecular complexity index is 763. The van der Waals surface area contributed by atoms with Gasteiger partial charge in [0.25, 0.3) is 0 Å². The van der Waals surface area contributed by atoms with E-state index in [1.54, 1.807) is 0 Å². The Labute approximate surface area is 128 Å². The average molecular weight is 361 g/mol. The number of imidazole rings is 1. The third-order valence-corrected chi connectivity index (χ3v) is 3.89. The van der Waals surface area contributed by atoms with Gasteiger partial charge in [0.2, 0.25) is 0 Å². The number of nitrogens with zero attached hydrogens (tertiary/aromatic N) is 4. The molecule has 4 atom stereocenters. The van der Waals surface area contributed by atoms with Gasteiger partial charge in [0.1, 0.15) is 30.2 Å². The van der Waals surface area contributed by atoms with E-state index >= 15 is 0 Å². The summed E-state index contributed by atoms with van der Waals surface area (Å²) in [5, 5.41) is 20.1. The smallest absolute Gasteiger partial charge is 0.387 e. The summed E-state index contributed by atoms with van der Waals surface area (Å²) in [6.07, 6.45) is -2.49. The Kier molecular flexibility index (Phi) is 4.06. The normalized spacial score (nSPS) is 28.5. The predicted octanol–water partition coefficient (Wildman–Crippen LogP) is -1.86. The van der Waals surface area contributed by atoms with E-state index in [9.17, 15) is 14.8 Å². The number of aliphatic hydroxyl groups is 2. The van der Waals surface area contributed by atoms with E-state index in [0.717, 1.165) is 0 Å². The zero-order valence-corrected chi connectivity index (χ0v) is 12.4. The summed E-state index contributed by atoms with van der Waals surface area (Å²) in [7, 11) is -4.72. The van der Waals surface area contributed by atoms with Gasteiger partial charge in [0, 0.05) is 0 Å². The number of phosphoric ester groups is 1. The zero-order chi connectivity index (χ0) is 16.8. The van der Waals surface area contributed by atoms with E-state index in [1.165, 1.54) is 17.2 Å². The van der Waals surface area contributed by atoms with E-state index in [4.69, 9.17) is 20.3 Å². The fourth-order valence-corrected chi connectivity index (χ4v) is 2.66. The first-order chi connectivity index (χ1) is 10.8. The van der Waals surface area contributed by atoms with Crippen molar-refractivity contribution in [2.75, 3.05) is 12.3 Å². The molecule has 2 aromatic heterocycles. The molecule has 1 aliphatic heterocycles. The van der Waals surface area contributed by atoms with Crippen LogP contribution in [0.2, 0.25) is 0 Å². The number of nitrogen functional groups attached to an aromatic ring is 1. The molecule has 3 heterocycles. The molecule has 0 amide bonds. The lowest BCUT2D eigenvalue weighted by molar-refractivity contribution is -0.0504. The molecule has 12 nitrogen and oxygen atoms in total. The minimum Gasteiger partial charge on any atom is -0.387 e. The summed E-state index contributed by atoms with van der Waals surface area (Å²) in [6.45, 7) is -0.594. The standard InChI is InChI=1S/C10H14N5O7P/c11-8-5-9(13-2-12-8)15(3-14-5)10-7(17)6(16)4(22-10)1-21-23(18,19)20/h2-4,6-7,10,16-17H,1H2,(H2,11,12,13)(H2,18,19,20)/t4-,6+,7?,10-/m1/s1/i1+1,2+1,3+1,4+1,5+1,6+1,7+1,9+1,10+1,11+1,12+1,13+1,14+1,15+1. The van der Waals surface area contributed by atoms with Crippen LogP contribution in [0.15, 0.2) is 12.7 Å². The first kappa shape index (κ1) is 16.2. The second kappa shape index (κ2) is 5.76. The summed E-state index contributed by atoms with van der Waals surface area (Å²) in [4.78, 5) is 29.2. The number of phosphoric acid groups is 1. The van der Waals surface area contributed by atoms with Crippen LogP contribution < -0.4 is 5.73 Å². The molecular weight excluding hydrogens is 347 g/mol. The molecule has 1 aliphatic rings. The third-order valence-electron chi connectivity index (χ3n) is 3.41. The van der Waals surface area contributed by atoms with Crippen molar-refractivity contribution in [3.8, 4) is 0 Å². The number of aromatic nitrogens is 4. The van der Waals surface area contributed by atoms with Crippen molar-refractivity contribution in [2.24, 2.45) is 0 Å². The molecule has 0 bridgehead atoms. The second-order valence-electron chi connectivity index (χ2n) is 4.92. The maximum atomic E-state index is 10.7. The Morgan fingerprint density at radius 3 is 2.74 bits per heavy atom. The van der Waals surface area contributed by atoms with E-state index in [-0.39, 0.29) is 11.5 Å². The van der Waals surface area contributed by atoms with E-state index < -0.39 is 39.0 Å². The van der Waals surface area contributed by atoms with Crippen molar-refractivity contribution in [2.45, 2.75) is 24.5 Å². The summed E-state index contributed by atoms with van der Waals surface area (Å²) in [5.74, 6) is 0.142. The third kappa shape index (κ3) is 3.05. The van der Waals surface area contributed by atoms with Crippen LogP contribution in [0.1, 0.15) is 6.23 Å². The number of rotatable bonds is 4. The van der Waals surface area contributed by atoms with Gasteiger partial charge in [-0.2, -0.15) is 0 Å². The molecule has 0 radical (unpaired) electrons. The van der Waals surface area contributed by atoms with Gasteiger partial charge in [-0.05, 0) is 0 Å². The van der Waals surface area contributed by atoms with Gasteiger partial charge >= 0.3 is 7.82 Å². The quantitative estimate of drug-likeness (QED) is 0.233. The van der Waals surface area contributed by atoms with Crippen LogP contribution in [-0.2, 0) is 13.8 Å². The number of nitrogens with two attached hydrogens (primary N) is 1. The van der Waals surface area contributed by atoms with E-state index in [1.807, 2.05) is 0 Å². The van der Waals surface area contributed by atoms with Crippen LogP contribution in [0.25, 0.3) is 11.2 Å². The molecule has 13 heteroatoms. The lowest BCUT2D eigenvalue weighted by Crippen LogP contribution is -2.33. The van der Waals surface area contributed by atoms with Crippen LogP contribution in [0, 0.1) is 0 Å². The van der Waals surface area contributed by atoms with Crippen molar-refractivity contribution >= 4 is 24.8 Å². The van der Waals surface area contributed by atoms with Gasteiger partial charge in [0.05, 0.1) is 12.9 Å². The van der Waals surface area contributed by atoms with Gasteiger partial charge in [-0.1, -0.05) is 0 Å². The molecule has 0 spiro atoms. The predicted molar refractivity (Wildman–Crippen MR) is 73.7 cm³/mol. The average Bonchev–Trinajstić information content (AvgIpc) is 3.01. The minimum absolute atomic E-state index is 0.142. The highest BCUT2D eigenvalue weighted by Gasteiger charge is 2.45. The Balaban J connectivity index is 1.85. The molecular formula is C10H14N5O7P. The van der Waals surface area contributed by atoms with Crippen LogP contribution in [0.5, 0.6) is 0 Å². The molecule has 3 rings (SSSR count). The van der Waals surface area contributed by atoms with Crippen LogP contribution in [-0.4, -0.2) is 64.4 Å². The topological polar surface area (TPSA) is 186 Å². The fraction of sp³-hybridized carbons (Fsp3) is 0.500. The lowest BCUT2D eigenvalue weighted by Gasteiger charge is -2.16. The Hall–Kier alpha value is -1.66. The van der Waals surface area contributed by atoms with Gasteiger partial charge in [-0.25, -0.2) is 19.5 Å². The van der Waals surface area contributed by atoms with Crippen molar-refractivity contribution in [1.82, 2.24) is 19.5 Å². The molecule has 23 heavy (non-hydrogen) atoms. The van der Waals surface area contributed by atoms with E-state index in [2.05, 4.69) is 19.5 Å². The summed E-state index contributed by atoms with van der Waals surface area (Å²) in [6, 6.07) is 0. The number of aliphatic hydroxyl groups excluding tert-OH is 2. The monoisotopic (exact) mass is 361 g/mol. The molecule has 2 aromatic rings. The first-order valence-electron chi connectivity index (χ1n) is 6.42.